The molecule has 1 aromatic carbocycles. The van der Waals surface area contributed by atoms with Crippen molar-refractivity contribution in [1.82, 2.24) is 20.4 Å². The smallest absolute Gasteiger partial charge is 0.338 e. The van der Waals surface area contributed by atoms with Gasteiger partial charge in [0.25, 0.3) is 0 Å². The maximum Gasteiger partial charge on any atom is 0.338 e. The van der Waals surface area contributed by atoms with Crippen LogP contribution in [0.2, 0.25) is 0 Å². The normalized spacial score (nSPS) is 22.7. The molecule has 2 heterocycles. The number of nitrogens with one attached hydrogen (secondary N) is 2. The van der Waals surface area contributed by atoms with E-state index in [0.29, 0.717) is 40.9 Å². The first-order valence-electron chi connectivity index (χ1n) is 12.1. The Hall–Kier alpha value is -2.78. The van der Waals surface area contributed by atoms with Crippen molar-refractivity contribution in [3.63, 3.8) is 0 Å². The van der Waals surface area contributed by atoms with Crippen molar-refractivity contribution in [2.45, 2.75) is 44.2 Å². The van der Waals surface area contributed by atoms with Gasteiger partial charge in [0.1, 0.15) is 0 Å². The van der Waals surface area contributed by atoms with Crippen molar-refractivity contribution in [3.05, 3.63) is 35.0 Å². The predicted molar refractivity (Wildman–Crippen MR) is 128 cm³/mol. The van der Waals surface area contributed by atoms with Crippen molar-refractivity contribution >= 4 is 12.0 Å². The Morgan fingerprint density at radius 1 is 1.00 bits per heavy atom. The molecule has 0 spiro atoms. The van der Waals surface area contributed by atoms with Crippen LogP contribution in [0.4, 0.5) is 4.79 Å². The van der Waals surface area contributed by atoms with E-state index < -0.39 is 12.0 Å². The molecule has 1 saturated heterocycles. The molecule has 0 radical (unpaired) electrons. The lowest BCUT2D eigenvalue weighted by molar-refractivity contribution is -0.136. The van der Waals surface area contributed by atoms with Gasteiger partial charge in [-0.3, -0.25) is 9.80 Å². The molecule has 2 amide bonds. The lowest BCUT2D eigenvalue weighted by Crippen LogP contribution is -2.53. The van der Waals surface area contributed by atoms with Crippen LogP contribution in [0.15, 0.2) is 29.5 Å². The number of carbonyl (C=O) groups excluding carboxylic acids is 2. The van der Waals surface area contributed by atoms with E-state index in [0.717, 1.165) is 26.2 Å². The molecule has 186 valence electrons. The summed E-state index contributed by atoms with van der Waals surface area (Å²) in [6, 6.07) is 5.07. The van der Waals surface area contributed by atoms with Crippen molar-refractivity contribution in [3.8, 4) is 11.5 Å². The standard InChI is InChI=1S/C25H36N4O5/c1-32-20-10-9-17(15-21(20)33-2)23-22(24(30)34-3)19(26-25(31)27-23)16-28-11-13-29(14-12-28)18-7-5-4-6-8-18/h9-10,15,18,23H,4-8,11-14,16H2,1-3H3,(H2,26,27,31). The lowest BCUT2D eigenvalue weighted by atomic mass is 9.93. The molecular weight excluding hydrogens is 436 g/mol. The summed E-state index contributed by atoms with van der Waals surface area (Å²) in [6.07, 6.45) is 6.61. The molecule has 4 rings (SSSR count). The van der Waals surface area contributed by atoms with Crippen LogP contribution in [0.1, 0.15) is 43.7 Å². The minimum Gasteiger partial charge on any atom is -0.493 e. The van der Waals surface area contributed by atoms with Crippen LogP contribution in [0.3, 0.4) is 0 Å². The quantitative estimate of drug-likeness (QED) is 0.589. The third kappa shape index (κ3) is 5.31. The lowest BCUT2D eigenvalue weighted by Gasteiger charge is -2.41. The van der Waals surface area contributed by atoms with Gasteiger partial charge in [0.05, 0.1) is 32.9 Å². The number of urea groups is 1. The van der Waals surface area contributed by atoms with Crippen molar-refractivity contribution in [2.75, 3.05) is 54.1 Å². The minimum absolute atomic E-state index is 0.344. The number of benzene rings is 1. The van der Waals surface area contributed by atoms with Crippen LogP contribution in [0.5, 0.6) is 11.5 Å². The topological polar surface area (TPSA) is 92.4 Å². The highest BCUT2D eigenvalue weighted by Crippen LogP contribution is 2.34. The Balaban J connectivity index is 1.55. The number of rotatable bonds is 7. The summed E-state index contributed by atoms with van der Waals surface area (Å²) >= 11 is 0. The molecule has 1 aromatic rings. The number of nitrogens with zero attached hydrogens (tertiary/aromatic N) is 2. The molecule has 34 heavy (non-hydrogen) atoms. The number of methoxy groups -OCH3 is 3. The van der Waals surface area contributed by atoms with Crippen LogP contribution in [-0.4, -0.2) is 81.9 Å². The molecule has 1 atom stereocenters. The average molecular weight is 473 g/mol. The van der Waals surface area contributed by atoms with Crippen molar-refractivity contribution in [2.24, 2.45) is 0 Å². The van der Waals surface area contributed by atoms with E-state index in [2.05, 4.69) is 20.4 Å². The number of hydrogen-bond acceptors (Lipinski definition) is 7. The van der Waals surface area contributed by atoms with Gasteiger partial charge in [-0.25, -0.2) is 9.59 Å². The van der Waals surface area contributed by atoms with Gasteiger partial charge in [-0.05, 0) is 30.5 Å². The van der Waals surface area contributed by atoms with E-state index >= 15 is 0 Å². The molecule has 3 aliphatic rings. The van der Waals surface area contributed by atoms with Gasteiger partial charge in [0, 0.05) is 44.5 Å². The number of esters is 1. The highest BCUT2D eigenvalue weighted by atomic mass is 16.5. The number of piperazine rings is 1. The first-order valence-corrected chi connectivity index (χ1v) is 12.1. The summed E-state index contributed by atoms with van der Waals surface area (Å²) in [5.74, 6) is 0.631. The zero-order valence-corrected chi connectivity index (χ0v) is 20.4. The Kier molecular flexibility index (Phi) is 7.95. The fourth-order valence-electron chi connectivity index (χ4n) is 5.33. The maximum atomic E-state index is 12.9. The van der Waals surface area contributed by atoms with E-state index in [-0.39, 0.29) is 6.03 Å². The number of amides is 2. The summed E-state index contributed by atoms with van der Waals surface area (Å²) in [6.45, 7) is 4.31. The van der Waals surface area contributed by atoms with Gasteiger partial charge in [-0.15, -0.1) is 0 Å². The van der Waals surface area contributed by atoms with Crippen LogP contribution in [0.25, 0.3) is 0 Å². The van der Waals surface area contributed by atoms with Crippen LogP contribution in [0, 0.1) is 0 Å². The van der Waals surface area contributed by atoms with Crippen LogP contribution < -0.4 is 20.1 Å². The summed E-state index contributed by atoms with van der Waals surface area (Å²) in [7, 11) is 4.48. The monoisotopic (exact) mass is 472 g/mol. The first-order chi connectivity index (χ1) is 16.5. The molecule has 1 saturated carbocycles. The van der Waals surface area contributed by atoms with Gasteiger partial charge < -0.3 is 24.8 Å². The summed E-state index contributed by atoms with van der Waals surface area (Å²) < 4.78 is 15.9. The average Bonchev–Trinajstić information content (AvgIpc) is 2.88. The van der Waals surface area contributed by atoms with Crippen LogP contribution in [-0.2, 0) is 9.53 Å². The van der Waals surface area contributed by atoms with E-state index in [1.165, 1.54) is 39.2 Å². The molecule has 2 aliphatic heterocycles. The summed E-state index contributed by atoms with van der Waals surface area (Å²) in [5.41, 5.74) is 1.71. The van der Waals surface area contributed by atoms with Gasteiger partial charge in [-0.1, -0.05) is 25.3 Å². The first kappa shape index (κ1) is 24.3. The molecular formula is C25H36N4O5. The Morgan fingerprint density at radius 3 is 2.35 bits per heavy atom. The van der Waals surface area contributed by atoms with E-state index in [4.69, 9.17) is 14.2 Å². The molecule has 1 unspecified atom stereocenters. The SMILES string of the molecule is COC(=O)C1=C(CN2CCN(C3CCCCC3)CC2)NC(=O)NC1c1ccc(OC)c(OC)c1. The highest BCUT2D eigenvalue weighted by molar-refractivity contribution is 5.95. The third-order valence-electron chi connectivity index (χ3n) is 7.18. The third-order valence-corrected chi connectivity index (χ3v) is 7.18. The minimum atomic E-state index is -0.653. The molecule has 1 aliphatic carbocycles. The van der Waals surface area contributed by atoms with E-state index in [9.17, 15) is 9.59 Å². The van der Waals surface area contributed by atoms with E-state index in [1.807, 2.05) is 6.07 Å². The van der Waals surface area contributed by atoms with Gasteiger partial charge in [-0.2, -0.15) is 0 Å². The van der Waals surface area contributed by atoms with Gasteiger partial charge in [0.2, 0.25) is 0 Å². The molecule has 0 aromatic heterocycles. The Labute approximate surface area is 201 Å². The molecule has 9 nitrogen and oxygen atoms in total. The summed E-state index contributed by atoms with van der Waals surface area (Å²) in [4.78, 5) is 30.4. The molecule has 0 bridgehead atoms. The highest BCUT2D eigenvalue weighted by Gasteiger charge is 2.35. The Bertz CT molecular complexity index is 920. The fourth-order valence-corrected chi connectivity index (χ4v) is 5.33. The zero-order valence-electron chi connectivity index (χ0n) is 20.4. The second-order valence-electron chi connectivity index (χ2n) is 9.13. The molecule has 2 N–H and O–H groups in total. The molecule has 9 heteroatoms. The number of carbonyl (C=O) groups is 2. The Morgan fingerprint density at radius 2 is 1.71 bits per heavy atom. The predicted octanol–water partition coefficient (Wildman–Crippen LogP) is 2.44. The second kappa shape index (κ2) is 11.1. The number of ether oxygens (including phenoxy) is 3. The maximum absolute atomic E-state index is 12.9. The van der Waals surface area contributed by atoms with Gasteiger partial charge >= 0.3 is 12.0 Å². The van der Waals surface area contributed by atoms with Crippen molar-refractivity contribution < 1.29 is 23.8 Å². The zero-order chi connectivity index (χ0) is 24.1. The fraction of sp³-hybridized carbons (Fsp3) is 0.600. The van der Waals surface area contributed by atoms with Crippen molar-refractivity contribution in [1.29, 1.82) is 0 Å². The second-order valence-corrected chi connectivity index (χ2v) is 9.13. The summed E-state index contributed by atoms with van der Waals surface area (Å²) in [5, 5.41) is 5.74. The van der Waals surface area contributed by atoms with E-state index in [1.54, 1.807) is 26.4 Å². The van der Waals surface area contributed by atoms with Crippen LogP contribution >= 0.6 is 0 Å². The largest absolute Gasteiger partial charge is 0.493 e. The molecule has 2 fully saturated rings. The number of hydrogen-bond donors (Lipinski definition) is 2. The van der Waals surface area contributed by atoms with Gasteiger partial charge in [0.15, 0.2) is 11.5 Å².